The molecule has 1 atom stereocenters. The van der Waals surface area contributed by atoms with E-state index >= 15 is 0 Å². The van der Waals surface area contributed by atoms with Gasteiger partial charge in [-0.25, -0.2) is 0 Å². The molecule has 9 heteroatoms. The number of likely N-dealkylation sites (tertiary alicyclic amines) is 2. The van der Waals surface area contributed by atoms with Crippen molar-refractivity contribution in [3.05, 3.63) is 0 Å². The molecular formula is C19H39Cl3N4O2. The van der Waals surface area contributed by atoms with Crippen LogP contribution in [0.2, 0.25) is 0 Å². The Morgan fingerprint density at radius 1 is 1.07 bits per heavy atom. The molecular weight excluding hydrogens is 423 g/mol. The average Bonchev–Trinajstić information content (AvgIpc) is 2.68. The first-order chi connectivity index (χ1) is 12.1. The number of nitrogens with one attached hydrogen (secondary N) is 1. The lowest BCUT2D eigenvalue weighted by atomic mass is 9.83. The van der Waals surface area contributed by atoms with E-state index in [9.17, 15) is 4.79 Å². The zero-order valence-electron chi connectivity index (χ0n) is 17.1. The predicted molar refractivity (Wildman–Crippen MR) is 121 cm³/mol. The van der Waals surface area contributed by atoms with Crippen LogP contribution in [0.15, 0.2) is 0 Å². The van der Waals surface area contributed by atoms with E-state index in [0.717, 1.165) is 58.5 Å². The summed E-state index contributed by atoms with van der Waals surface area (Å²) in [6.45, 7) is 6.77. The van der Waals surface area contributed by atoms with Crippen LogP contribution in [0.5, 0.6) is 0 Å². The van der Waals surface area contributed by atoms with Gasteiger partial charge in [0.05, 0.1) is 6.04 Å². The molecule has 0 aromatic carbocycles. The van der Waals surface area contributed by atoms with Crippen LogP contribution in [0.25, 0.3) is 0 Å². The van der Waals surface area contributed by atoms with Crippen molar-refractivity contribution in [2.75, 3.05) is 53.0 Å². The summed E-state index contributed by atoms with van der Waals surface area (Å²) < 4.78 is 5.39. The van der Waals surface area contributed by atoms with Gasteiger partial charge in [0.1, 0.15) is 0 Å². The van der Waals surface area contributed by atoms with Crippen molar-refractivity contribution in [3.63, 3.8) is 0 Å². The highest BCUT2D eigenvalue weighted by atomic mass is 35.5. The summed E-state index contributed by atoms with van der Waals surface area (Å²) in [5, 5.41) is 3.24. The first-order valence-electron chi connectivity index (χ1n) is 10.2. The van der Waals surface area contributed by atoms with Gasteiger partial charge in [0.25, 0.3) is 0 Å². The third kappa shape index (κ3) is 7.15. The Morgan fingerprint density at radius 2 is 1.64 bits per heavy atom. The summed E-state index contributed by atoms with van der Waals surface area (Å²) in [5.74, 6) is 0.291. The molecule has 168 valence electrons. The number of halogens is 3. The number of nitrogens with zero attached hydrogens (tertiary/aromatic N) is 2. The maximum atomic E-state index is 12.7. The van der Waals surface area contributed by atoms with Gasteiger partial charge in [-0.2, -0.15) is 0 Å². The lowest BCUT2D eigenvalue weighted by molar-refractivity contribution is -0.125. The van der Waals surface area contributed by atoms with E-state index in [1.54, 1.807) is 0 Å². The molecule has 0 bridgehead atoms. The van der Waals surface area contributed by atoms with Crippen LogP contribution < -0.4 is 11.1 Å². The van der Waals surface area contributed by atoms with E-state index < -0.39 is 6.04 Å². The largest absolute Gasteiger partial charge is 0.381 e. The smallest absolute Gasteiger partial charge is 0.237 e. The second-order valence-corrected chi connectivity index (χ2v) is 8.27. The minimum Gasteiger partial charge on any atom is -0.381 e. The molecule has 0 saturated carbocycles. The van der Waals surface area contributed by atoms with Crippen molar-refractivity contribution in [3.8, 4) is 0 Å². The Kier molecular flexibility index (Phi) is 13.6. The van der Waals surface area contributed by atoms with Crippen LogP contribution in [0.1, 0.15) is 44.9 Å². The Labute approximate surface area is 188 Å². The Bertz CT molecular complexity index is 439. The van der Waals surface area contributed by atoms with Gasteiger partial charge >= 0.3 is 0 Å². The van der Waals surface area contributed by atoms with Gasteiger partial charge in [-0.3, -0.25) is 9.69 Å². The minimum atomic E-state index is -0.395. The highest BCUT2D eigenvalue weighted by Gasteiger charge is 2.40. The second kappa shape index (κ2) is 13.5. The molecule has 0 aromatic heterocycles. The second-order valence-electron chi connectivity index (χ2n) is 8.27. The summed E-state index contributed by atoms with van der Waals surface area (Å²) in [7, 11) is 2.19. The number of carbonyl (C=O) groups excluding carboxylic acids is 1. The van der Waals surface area contributed by atoms with Crippen molar-refractivity contribution in [1.29, 1.82) is 0 Å². The van der Waals surface area contributed by atoms with E-state index in [1.165, 1.54) is 32.4 Å². The molecule has 0 aromatic rings. The number of rotatable bonds is 5. The summed E-state index contributed by atoms with van der Waals surface area (Å²) in [4.78, 5) is 17.7. The number of amides is 1. The summed E-state index contributed by atoms with van der Waals surface area (Å²) in [6, 6.07) is -0.395. The SMILES string of the molecule is CN1CCC(CNC(=O)C(N)C2CCOCC2)(N2CCCCC2)CC1.Cl.Cl.Cl. The van der Waals surface area contributed by atoms with Gasteiger partial charge < -0.3 is 20.7 Å². The lowest BCUT2D eigenvalue weighted by Crippen LogP contribution is -2.62. The Morgan fingerprint density at radius 3 is 2.21 bits per heavy atom. The summed E-state index contributed by atoms with van der Waals surface area (Å²) in [5.41, 5.74) is 6.38. The standard InChI is InChI=1S/C19H36N4O2.3ClH/c1-22-11-7-19(8-12-22,23-9-3-2-4-10-23)15-21-18(24)17(20)16-5-13-25-14-6-16;;;/h16-17H,2-15,20H2,1H3,(H,21,24);3*1H. The van der Waals surface area contributed by atoms with E-state index in [4.69, 9.17) is 10.5 Å². The molecule has 3 aliphatic rings. The van der Waals surface area contributed by atoms with E-state index in [1.807, 2.05) is 0 Å². The number of nitrogens with two attached hydrogens (primary N) is 1. The van der Waals surface area contributed by atoms with Crippen molar-refractivity contribution in [2.45, 2.75) is 56.5 Å². The molecule has 3 saturated heterocycles. The average molecular weight is 462 g/mol. The molecule has 1 amide bonds. The van der Waals surface area contributed by atoms with Crippen molar-refractivity contribution < 1.29 is 9.53 Å². The molecule has 3 rings (SSSR count). The lowest BCUT2D eigenvalue weighted by Gasteiger charge is -2.50. The van der Waals surface area contributed by atoms with Crippen LogP contribution in [-0.2, 0) is 9.53 Å². The quantitative estimate of drug-likeness (QED) is 0.656. The van der Waals surface area contributed by atoms with Gasteiger partial charge in [0.15, 0.2) is 0 Å². The maximum Gasteiger partial charge on any atom is 0.237 e. The molecule has 3 N–H and O–H groups in total. The molecule has 3 fully saturated rings. The number of carbonyl (C=O) groups is 1. The highest BCUT2D eigenvalue weighted by molar-refractivity contribution is 5.86. The van der Waals surface area contributed by atoms with E-state index in [-0.39, 0.29) is 54.6 Å². The van der Waals surface area contributed by atoms with Gasteiger partial charge in [-0.1, -0.05) is 6.42 Å². The zero-order chi connectivity index (χ0) is 17.7. The highest BCUT2D eigenvalue weighted by Crippen LogP contribution is 2.31. The van der Waals surface area contributed by atoms with Crippen molar-refractivity contribution in [1.82, 2.24) is 15.1 Å². The molecule has 28 heavy (non-hydrogen) atoms. The Balaban J connectivity index is 0.00000243. The Hall–Kier alpha value is 0.180. The van der Waals surface area contributed by atoms with Crippen molar-refractivity contribution >= 4 is 43.1 Å². The van der Waals surface area contributed by atoms with Crippen LogP contribution in [-0.4, -0.2) is 80.3 Å². The summed E-state index contributed by atoms with van der Waals surface area (Å²) in [6.07, 6.45) is 7.98. The molecule has 0 radical (unpaired) electrons. The van der Waals surface area contributed by atoms with Crippen LogP contribution in [0, 0.1) is 5.92 Å². The molecule has 0 aliphatic carbocycles. The maximum absolute atomic E-state index is 12.7. The van der Waals surface area contributed by atoms with E-state index in [2.05, 4.69) is 22.2 Å². The monoisotopic (exact) mass is 460 g/mol. The number of hydrogen-bond donors (Lipinski definition) is 2. The number of piperidine rings is 2. The minimum absolute atomic E-state index is 0. The zero-order valence-corrected chi connectivity index (χ0v) is 19.5. The van der Waals surface area contributed by atoms with Gasteiger partial charge in [0.2, 0.25) is 5.91 Å². The van der Waals surface area contributed by atoms with Crippen LogP contribution in [0.4, 0.5) is 0 Å². The third-order valence-electron chi connectivity index (χ3n) is 6.61. The van der Waals surface area contributed by atoms with Crippen molar-refractivity contribution in [2.24, 2.45) is 11.7 Å². The van der Waals surface area contributed by atoms with Gasteiger partial charge in [0, 0.05) is 25.3 Å². The van der Waals surface area contributed by atoms with Gasteiger partial charge in [-0.15, -0.1) is 37.2 Å². The fourth-order valence-electron chi connectivity index (χ4n) is 4.67. The van der Waals surface area contributed by atoms with E-state index in [0.29, 0.717) is 0 Å². The molecule has 0 spiro atoms. The fourth-order valence-corrected chi connectivity index (χ4v) is 4.67. The topological polar surface area (TPSA) is 70.8 Å². The van der Waals surface area contributed by atoms with Crippen LogP contribution in [0.3, 0.4) is 0 Å². The molecule has 3 aliphatic heterocycles. The first-order valence-corrected chi connectivity index (χ1v) is 10.2. The predicted octanol–water partition coefficient (Wildman–Crippen LogP) is 2.07. The number of hydrogen-bond acceptors (Lipinski definition) is 5. The molecule has 6 nitrogen and oxygen atoms in total. The van der Waals surface area contributed by atoms with Crippen LogP contribution >= 0.6 is 37.2 Å². The molecule has 1 unspecified atom stereocenters. The van der Waals surface area contributed by atoms with Gasteiger partial charge in [-0.05, 0) is 77.7 Å². The third-order valence-corrected chi connectivity index (χ3v) is 6.61. The first kappa shape index (κ1) is 28.2. The number of ether oxygens (including phenoxy) is 1. The summed E-state index contributed by atoms with van der Waals surface area (Å²) >= 11 is 0. The fraction of sp³-hybridized carbons (Fsp3) is 0.947. The molecule has 3 heterocycles. The normalized spacial score (nSPS) is 24.8.